The van der Waals surface area contributed by atoms with Gasteiger partial charge in [-0.1, -0.05) is 6.07 Å². The lowest BCUT2D eigenvalue weighted by molar-refractivity contribution is -0.385. The van der Waals surface area contributed by atoms with Gasteiger partial charge in [0.2, 0.25) is 5.75 Å². The van der Waals surface area contributed by atoms with Gasteiger partial charge in [-0.15, -0.1) is 0 Å². The molecule has 0 atom stereocenters. The number of hydrogen-bond donors (Lipinski definition) is 1. The fourth-order valence-electron chi connectivity index (χ4n) is 2.37. The van der Waals surface area contributed by atoms with Crippen molar-refractivity contribution >= 4 is 11.6 Å². The quantitative estimate of drug-likeness (QED) is 0.565. The molecule has 8 nitrogen and oxygen atoms in total. The van der Waals surface area contributed by atoms with Crippen LogP contribution in [0.4, 0.5) is 5.69 Å². The van der Waals surface area contributed by atoms with Crippen LogP contribution in [0.3, 0.4) is 0 Å². The van der Waals surface area contributed by atoms with E-state index in [1.807, 2.05) is 19.0 Å². The highest BCUT2D eigenvalue weighted by molar-refractivity contribution is 5.95. The third kappa shape index (κ3) is 3.53. The Morgan fingerprint density at radius 2 is 1.96 bits per heavy atom. The number of nitro groups is 1. The summed E-state index contributed by atoms with van der Waals surface area (Å²) in [6, 6.07) is 9.16. The maximum Gasteiger partial charge on any atom is 0.315 e. The lowest BCUT2D eigenvalue weighted by atomic mass is 10.1. The first kappa shape index (κ1) is 16.7. The summed E-state index contributed by atoms with van der Waals surface area (Å²) in [5.74, 6) is 0.744. The molecule has 0 saturated carbocycles. The van der Waals surface area contributed by atoms with Crippen LogP contribution in [0.25, 0.3) is 0 Å². The number of carbonyl (C=O) groups excluding carboxylic acids is 1. The first-order valence-electron chi connectivity index (χ1n) is 7.66. The van der Waals surface area contributed by atoms with Crippen molar-refractivity contribution < 1.29 is 19.2 Å². The van der Waals surface area contributed by atoms with E-state index in [4.69, 9.17) is 9.47 Å². The second-order valence-corrected chi connectivity index (χ2v) is 5.79. The van der Waals surface area contributed by atoms with E-state index in [-0.39, 0.29) is 23.1 Å². The van der Waals surface area contributed by atoms with Crippen LogP contribution in [0.1, 0.15) is 10.4 Å². The molecular weight excluding hydrogens is 326 g/mol. The van der Waals surface area contributed by atoms with E-state index in [1.54, 1.807) is 24.3 Å². The molecule has 1 heterocycles. The van der Waals surface area contributed by atoms with E-state index in [9.17, 15) is 14.9 Å². The molecule has 0 aliphatic carbocycles. The van der Waals surface area contributed by atoms with Crippen molar-refractivity contribution in [1.82, 2.24) is 10.2 Å². The van der Waals surface area contributed by atoms with E-state index < -0.39 is 4.92 Å². The Balaban J connectivity index is 1.80. The Morgan fingerprint density at radius 3 is 2.68 bits per heavy atom. The molecular formula is C17H17N3O5. The summed E-state index contributed by atoms with van der Waals surface area (Å²) in [6.45, 7) is 1.25. The first-order chi connectivity index (χ1) is 12.0. The fourth-order valence-corrected chi connectivity index (χ4v) is 2.37. The number of amides is 1. The van der Waals surface area contributed by atoms with Crippen LogP contribution >= 0.6 is 0 Å². The molecule has 1 amide bonds. The number of fused-ring (bicyclic) bond motifs is 2. The number of nitrogens with zero attached hydrogens (tertiary/aromatic N) is 2. The summed E-state index contributed by atoms with van der Waals surface area (Å²) in [6.07, 6.45) is 0. The number of benzene rings is 2. The second-order valence-electron chi connectivity index (χ2n) is 5.79. The molecule has 25 heavy (non-hydrogen) atoms. The topological polar surface area (TPSA) is 93.9 Å². The third-order valence-corrected chi connectivity index (χ3v) is 3.64. The van der Waals surface area contributed by atoms with Gasteiger partial charge in [0, 0.05) is 24.7 Å². The molecule has 130 valence electrons. The van der Waals surface area contributed by atoms with Crippen molar-refractivity contribution in [2.75, 3.05) is 27.2 Å². The molecule has 0 radical (unpaired) electrons. The summed E-state index contributed by atoms with van der Waals surface area (Å²) in [4.78, 5) is 24.7. The minimum atomic E-state index is -0.528. The third-order valence-electron chi connectivity index (χ3n) is 3.64. The summed E-state index contributed by atoms with van der Waals surface area (Å²) in [5.41, 5.74) is 0.253. The highest BCUT2D eigenvalue weighted by Gasteiger charge is 2.27. The van der Waals surface area contributed by atoms with E-state index in [0.717, 1.165) is 6.54 Å². The van der Waals surface area contributed by atoms with Gasteiger partial charge in [0.1, 0.15) is 0 Å². The van der Waals surface area contributed by atoms with Gasteiger partial charge in [0.05, 0.1) is 4.92 Å². The predicted molar refractivity (Wildman–Crippen MR) is 90.6 cm³/mol. The molecule has 1 aliphatic heterocycles. The zero-order chi connectivity index (χ0) is 18.0. The Morgan fingerprint density at radius 1 is 1.16 bits per heavy atom. The number of carbonyl (C=O) groups is 1. The average molecular weight is 343 g/mol. The monoisotopic (exact) mass is 343 g/mol. The average Bonchev–Trinajstić information content (AvgIpc) is 2.58. The van der Waals surface area contributed by atoms with E-state index in [2.05, 4.69) is 5.32 Å². The molecule has 0 spiro atoms. The van der Waals surface area contributed by atoms with Crippen LogP contribution in [0, 0.1) is 10.1 Å². The number of nitro benzene ring substituents is 1. The standard InChI is InChI=1S/C17H17N3O5/c1-19(2)9-8-18-17(21)11-6-7-13-15(10-11)24-14-5-3-4-12(20(22)23)16(14)25-13/h3-7,10H,8-9H2,1-2H3,(H,18,21). The van der Waals surface area contributed by atoms with Gasteiger partial charge in [-0.3, -0.25) is 14.9 Å². The van der Waals surface area contributed by atoms with Gasteiger partial charge in [-0.2, -0.15) is 0 Å². The summed E-state index contributed by atoms with van der Waals surface area (Å²) in [7, 11) is 3.85. The summed E-state index contributed by atoms with van der Waals surface area (Å²) >= 11 is 0. The van der Waals surface area contributed by atoms with Gasteiger partial charge in [-0.05, 0) is 38.4 Å². The lowest BCUT2D eigenvalue weighted by Gasteiger charge is -2.20. The van der Waals surface area contributed by atoms with Crippen LogP contribution < -0.4 is 14.8 Å². The smallest absolute Gasteiger partial charge is 0.315 e. The lowest BCUT2D eigenvalue weighted by Crippen LogP contribution is -2.31. The van der Waals surface area contributed by atoms with Crippen molar-refractivity contribution in [2.45, 2.75) is 0 Å². The minimum absolute atomic E-state index is 0.0585. The molecule has 1 N–H and O–H groups in total. The molecule has 8 heteroatoms. The molecule has 0 bridgehead atoms. The zero-order valence-electron chi connectivity index (χ0n) is 13.8. The normalized spacial score (nSPS) is 11.8. The highest BCUT2D eigenvalue weighted by atomic mass is 16.6. The van der Waals surface area contributed by atoms with Crippen molar-refractivity contribution in [3.8, 4) is 23.0 Å². The maximum absolute atomic E-state index is 12.2. The Kier molecular flexibility index (Phi) is 4.53. The predicted octanol–water partition coefficient (Wildman–Crippen LogP) is 2.78. The van der Waals surface area contributed by atoms with Gasteiger partial charge >= 0.3 is 5.69 Å². The number of likely N-dealkylation sites (N-methyl/N-ethyl adjacent to an activating group) is 1. The van der Waals surface area contributed by atoms with E-state index >= 15 is 0 Å². The van der Waals surface area contributed by atoms with Crippen molar-refractivity contribution in [1.29, 1.82) is 0 Å². The Labute approximate surface area is 144 Å². The van der Waals surface area contributed by atoms with Crippen molar-refractivity contribution in [3.63, 3.8) is 0 Å². The molecule has 0 fully saturated rings. The van der Waals surface area contributed by atoms with Crippen LogP contribution in [0.15, 0.2) is 36.4 Å². The fraction of sp³-hybridized carbons (Fsp3) is 0.235. The number of hydrogen-bond acceptors (Lipinski definition) is 6. The van der Waals surface area contributed by atoms with Gasteiger partial charge in [0.25, 0.3) is 5.91 Å². The molecule has 2 aromatic rings. The van der Waals surface area contributed by atoms with Gasteiger partial charge in [-0.25, -0.2) is 0 Å². The summed E-state index contributed by atoms with van der Waals surface area (Å²) < 4.78 is 11.3. The number of ether oxygens (including phenoxy) is 2. The van der Waals surface area contributed by atoms with Crippen LogP contribution in [0.5, 0.6) is 23.0 Å². The van der Waals surface area contributed by atoms with E-state index in [0.29, 0.717) is 23.6 Å². The van der Waals surface area contributed by atoms with Gasteiger partial charge in [0.15, 0.2) is 17.2 Å². The molecule has 0 aromatic heterocycles. The molecule has 0 saturated heterocycles. The maximum atomic E-state index is 12.2. The first-order valence-corrected chi connectivity index (χ1v) is 7.66. The molecule has 1 aliphatic rings. The number of nitrogens with one attached hydrogen (secondary N) is 1. The van der Waals surface area contributed by atoms with E-state index in [1.165, 1.54) is 12.1 Å². The number of rotatable bonds is 5. The van der Waals surface area contributed by atoms with Crippen LogP contribution in [0.2, 0.25) is 0 Å². The zero-order valence-corrected chi connectivity index (χ0v) is 13.8. The highest BCUT2D eigenvalue weighted by Crippen LogP contribution is 2.49. The number of para-hydroxylation sites is 1. The Hall–Kier alpha value is -3.13. The van der Waals surface area contributed by atoms with Crippen molar-refractivity contribution in [3.05, 3.63) is 52.1 Å². The van der Waals surface area contributed by atoms with Crippen molar-refractivity contribution in [2.24, 2.45) is 0 Å². The molecule has 0 unspecified atom stereocenters. The minimum Gasteiger partial charge on any atom is -0.449 e. The van der Waals surface area contributed by atoms with Gasteiger partial charge < -0.3 is 19.7 Å². The second kappa shape index (κ2) is 6.78. The SMILES string of the molecule is CN(C)CCNC(=O)c1ccc2c(c1)Oc1cccc([N+](=O)[O-])c1O2. The van der Waals surface area contributed by atoms with Crippen LogP contribution in [-0.2, 0) is 0 Å². The molecule has 3 rings (SSSR count). The largest absolute Gasteiger partial charge is 0.449 e. The Bertz CT molecular complexity index is 835. The van der Waals surface area contributed by atoms with Crippen LogP contribution in [-0.4, -0.2) is 42.9 Å². The summed E-state index contributed by atoms with van der Waals surface area (Å²) in [5, 5.41) is 13.9. The molecule has 2 aromatic carbocycles.